The Morgan fingerprint density at radius 2 is 2.00 bits per heavy atom. The van der Waals surface area contributed by atoms with Gasteiger partial charge in [-0.15, -0.1) is 0 Å². The Morgan fingerprint density at radius 1 is 1.18 bits per heavy atom. The van der Waals surface area contributed by atoms with Gasteiger partial charge in [0.2, 0.25) is 0 Å². The summed E-state index contributed by atoms with van der Waals surface area (Å²) in [7, 11) is 1.84. The summed E-state index contributed by atoms with van der Waals surface area (Å²) in [6, 6.07) is 8.12. The van der Waals surface area contributed by atoms with E-state index in [9.17, 15) is 4.79 Å². The summed E-state index contributed by atoms with van der Waals surface area (Å²) >= 11 is 0. The number of pyridine rings is 2. The van der Waals surface area contributed by atoms with E-state index in [4.69, 9.17) is 4.98 Å². The van der Waals surface area contributed by atoms with Crippen LogP contribution in [-0.2, 0) is 7.05 Å². The number of anilines is 1. The van der Waals surface area contributed by atoms with Gasteiger partial charge in [0.05, 0.1) is 0 Å². The summed E-state index contributed by atoms with van der Waals surface area (Å²) in [5.74, 6) is 0.799. The maximum Gasteiger partial charge on any atom is 0.272 e. The van der Waals surface area contributed by atoms with Gasteiger partial charge in [-0.1, -0.05) is 0 Å². The van der Waals surface area contributed by atoms with E-state index in [1.807, 2.05) is 27.0 Å². The molecule has 1 saturated heterocycles. The molecule has 7 heteroatoms. The summed E-state index contributed by atoms with van der Waals surface area (Å²) in [5.41, 5.74) is 4.38. The molecule has 7 nitrogen and oxygen atoms in total. The smallest absolute Gasteiger partial charge is 0.272 e. The standard InChI is InChI=1S/C21H26N6O/c1-13-10-14(2)22-20-17(13)7-8-19(24-20)27-9-5-6-16(12-27)23-21(28)18-11-15(3)26(4)25-18/h7-8,10-11,16H,5-6,9,12H2,1-4H3,(H,23,28). The van der Waals surface area contributed by atoms with Crippen LogP contribution in [0.3, 0.4) is 0 Å². The second-order valence-corrected chi connectivity index (χ2v) is 7.67. The van der Waals surface area contributed by atoms with E-state index < -0.39 is 0 Å². The number of nitrogens with one attached hydrogen (secondary N) is 1. The van der Waals surface area contributed by atoms with Crippen LogP contribution >= 0.6 is 0 Å². The molecular weight excluding hydrogens is 352 g/mol. The van der Waals surface area contributed by atoms with E-state index in [1.54, 1.807) is 4.68 Å². The molecule has 1 amide bonds. The molecule has 0 radical (unpaired) electrons. The average molecular weight is 378 g/mol. The first-order valence-electron chi connectivity index (χ1n) is 9.72. The minimum absolute atomic E-state index is 0.0771. The normalized spacial score (nSPS) is 17.1. The van der Waals surface area contributed by atoms with E-state index in [0.29, 0.717) is 5.69 Å². The largest absolute Gasteiger partial charge is 0.354 e. The highest BCUT2D eigenvalue weighted by molar-refractivity contribution is 5.92. The predicted octanol–water partition coefficient (Wildman–Crippen LogP) is 2.69. The van der Waals surface area contributed by atoms with E-state index in [2.05, 4.69) is 45.4 Å². The molecule has 1 fully saturated rings. The third-order valence-corrected chi connectivity index (χ3v) is 5.42. The Hall–Kier alpha value is -2.96. The number of carbonyl (C=O) groups is 1. The van der Waals surface area contributed by atoms with Gasteiger partial charge < -0.3 is 10.2 Å². The highest BCUT2D eigenvalue weighted by Gasteiger charge is 2.24. The molecule has 4 heterocycles. The number of rotatable bonds is 3. The van der Waals surface area contributed by atoms with Gasteiger partial charge in [0.25, 0.3) is 5.91 Å². The van der Waals surface area contributed by atoms with E-state index in [0.717, 1.165) is 54.2 Å². The predicted molar refractivity (Wildman–Crippen MR) is 110 cm³/mol. The molecule has 146 valence electrons. The lowest BCUT2D eigenvalue weighted by molar-refractivity contribution is 0.0927. The van der Waals surface area contributed by atoms with E-state index in [1.165, 1.54) is 5.56 Å². The zero-order valence-corrected chi connectivity index (χ0v) is 16.9. The first kappa shape index (κ1) is 18.4. The van der Waals surface area contributed by atoms with E-state index >= 15 is 0 Å². The van der Waals surface area contributed by atoms with Crippen LogP contribution in [0, 0.1) is 20.8 Å². The minimum atomic E-state index is -0.116. The van der Waals surface area contributed by atoms with Gasteiger partial charge in [0.15, 0.2) is 5.65 Å². The maximum absolute atomic E-state index is 12.5. The Morgan fingerprint density at radius 3 is 2.75 bits per heavy atom. The second kappa shape index (κ2) is 7.22. The Bertz CT molecular complexity index is 1020. The summed E-state index contributed by atoms with van der Waals surface area (Å²) in [6.07, 6.45) is 1.96. The van der Waals surface area contributed by atoms with Crippen molar-refractivity contribution in [3.05, 3.63) is 46.9 Å². The van der Waals surface area contributed by atoms with Gasteiger partial charge in [-0.25, -0.2) is 9.97 Å². The third kappa shape index (κ3) is 3.56. The molecule has 0 saturated carbocycles. The van der Waals surface area contributed by atoms with Crippen molar-refractivity contribution in [3.63, 3.8) is 0 Å². The minimum Gasteiger partial charge on any atom is -0.354 e. The average Bonchev–Trinajstić information content (AvgIpc) is 3.00. The van der Waals surface area contributed by atoms with Crippen LogP contribution in [0.25, 0.3) is 11.0 Å². The van der Waals surface area contributed by atoms with Crippen molar-refractivity contribution >= 4 is 22.8 Å². The fourth-order valence-corrected chi connectivity index (χ4v) is 3.83. The van der Waals surface area contributed by atoms with Gasteiger partial charge >= 0.3 is 0 Å². The van der Waals surface area contributed by atoms with Crippen molar-refractivity contribution < 1.29 is 4.79 Å². The number of aryl methyl sites for hydroxylation is 4. The molecule has 0 aromatic carbocycles. The fourth-order valence-electron chi connectivity index (χ4n) is 3.83. The molecular formula is C21H26N6O. The number of aromatic nitrogens is 4. The molecule has 3 aromatic heterocycles. The summed E-state index contributed by atoms with van der Waals surface area (Å²) in [4.78, 5) is 24.2. The molecule has 0 aliphatic carbocycles. The number of nitrogens with zero attached hydrogens (tertiary/aromatic N) is 5. The van der Waals surface area contributed by atoms with Crippen LogP contribution in [0.5, 0.6) is 0 Å². The van der Waals surface area contributed by atoms with Crippen LogP contribution in [0.15, 0.2) is 24.3 Å². The molecule has 1 N–H and O–H groups in total. The molecule has 3 aromatic rings. The van der Waals surface area contributed by atoms with Gasteiger partial charge in [-0.3, -0.25) is 9.48 Å². The van der Waals surface area contributed by atoms with Gasteiger partial charge in [0, 0.05) is 43.0 Å². The number of hydrogen-bond donors (Lipinski definition) is 1. The van der Waals surface area contributed by atoms with E-state index in [-0.39, 0.29) is 11.9 Å². The molecule has 1 aliphatic rings. The Labute approximate surface area is 164 Å². The Kier molecular flexibility index (Phi) is 4.75. The van der Waals surface area contributed by atoms with Crippen LogP contribution in [-0.4, -0.2) is 44.8 Å². The summed E-state index contributed by atoms with van der Waals surface area (Å²) in [5, 5.41) is 8.49. The third-order valence-electron chi connectivity index (χ3n) is 5.42. The SMILES string of the molecule is Cc1cc(C)c2ccc(N3CCCC(NC(=O)c4cc(C)n(C)n4)C3)nc2n1. The van der Waals surface area contributed by atoms with Crippen molar-refractivity contribution in [2.75, 3.05) is 18.0 Å². The molecule has 1 unspecified atom stereocenters. The first-order valence-corrected chi connectivity index (χ1v) is 9.72. The molecule has 0 bridgehead atoms. The monoisotopic (exact) mass is 378 g/mol. The zero-order chi connectivity index (χ0) is 19.8. The van der Waals surface area contributed by atoms with Crippen LogP contribution in [0.4, 0.5) is 5.82 Å². The highest BCUT2D eigenvalue weighted by Crippen LogP contribution is 2.23. The van der Waals surface area contributed by atoms with Gasteiger partial charge in [0.1, 0.15) is 11.5 Å². The number of amides is 1. The van der Waals surface area contributed by atoms with Crippen LogP contribution < -0.4 is 10.2 Å². The van der Waals surface area contributed by atoms with Crippen molar-refractivity contribution in [2.24, 2.45) is 7.05 Å². The maximum atomic E-state index is 12.5. The summed E-state index contributed by atoms with van der Waals surface area (Å²) in [6.45, 7) is 7.69. The molecule has 4 rings (SSSR count). The quantitative estimate of drug-likeness (QED) is 0.758. The number of hydrogen-bond acceptors (Lipinski definition) is 5. The van der Waals surface area contributed by atoms with Gasteiger partial charge in [-0.05, 0) is 63.4 Å². The lowest BCUT2D eigenvalue weighted by Crippen LogP contribution is -2.48. The lowest BCUT2D eigenvalue weighted by Gasteiger charge is -2.34. The Balaban J connectivity index is 1.50. The van der Waals surface area contributed by atoms with Crippen molar-refractivity contribution in [2.45, 2.75) is 39.7 Å². The van der Waals surface area contributed by atoms with Crippen molar-refractivity contribution in [1.82, 2.24) is 25.1 Å². The molecule has 1 atom stereocenters. The van der Waals surface area contributed by atoms with Crippen molar-refractivity contribution in [1.29, 1.82) is 0 Å². The van der Waals surface area contributed by atoms with Crippen LogP contribution in [0.2, 0.25) is 0 Å². The van der Waals surface area contributed by atoms with Gasteiger partial charge in [-0.2, -0.15) is 5.10 Å². The second-order valence-electron chi connectivity index (χ2n) is 7.67. The first-order chi connectivity index (χ1) is 13.4. The molecule has 28 heavy (non-hydrogen) atoms. The molecule has 0 spiro atoms. The number of carbonyl (C=O) groups excluding carboxylic acids is 1. The lowest BCUT2D eigenvalue weighted by atomic mass is 10.1. The highest BCUT2D eigenvalue weighted by atomic mass is 16.2. The summed E-state index contributed by atoms with van der Waals surface area (Å²) < 4.78 is 1.72. The number of piperidine rings is 1. The fraction of sp³-hybridized carbons (Fsp3) is 0.429. The van der Waals surface area contributed by atoms with Crippen LogP contribution in [0.1, 0.15) is 40.3 Å². The molecule has 1 aliphatic heterocycles. The zero-order valence-electron chi connectivity index (χ0n) is 16.9. The van der Waals surface area contributed by atoms with Crippen molar-refractivity contribution in [3.8, 4) is 0 Å². The topological polar surface area (TPSA) is 75.9 Å². The number of fused-ring (bicyclic) bond motifs is 1.